The molecular weight excluding hydrogens is 332 g/mol. The summed E-state index contributed by atoms with van der Waals surface area (Å²) < 4.78 is 17.1. The van der Waals surface area contributed by atoms with Gasteiger partial charge in [0.25, 0.3) is 0 Å². The van der Waals surface area contributed by atoms with Crippen molar-refractivity contribution in [1.82, 2.24) is 15.4 Å². The van der Waals surface area contributed by atoms with Gasteiger partial charge in [0, 0.05) is 38.9 Å². The first kappa shape index (κ1) is 19.2. The molecule has 2 saturated heterocycles. The van der Waals surface area contributed by atoms with Crippen LogP contribution in [0.4, 0.5) is 0 Å². The summed E-state index contributed by atoms with van der Waals surface area (Å²) >= 11 is 0. The van der Waals surface area contributed by atoms with Crippen molar-refractivity contribution >= 4 is 5.96 Å². The fourth-order valence-corrected chi connectivity index (χ4v) is 3.67. The van der Waals surface area contributed by atoms with Crippen LogP contribution in [0.5, 0.6) is 0 Å². The third kappa shape index (κ3) is 4.98. The number of aryl methyl sites for hydroxylation is 2. The van der Waals surface area contributed by atoms with E-state index >= 15 is 0 Å². The summed E-state index contributed by atoms with van der Waals surface area (Å²) in [7, 11) is 1.83. The largest absolute Gasteiger partial charge is 0.376 e. The molecule has 3 rings (SSSR count). The Balaban J connectivity index is 1.41. The van der Waals surface area contributed by atoms with E-state index in [1.165, 1.54) is 12.8 Å². The van der Waals surface area contributed by atoms with Crippen LogP contribution in [0.3, 0.4) is 0 Å². The molecule has 1 atom stereocenters. The summed E-state index contributed by atoms with van der Waals surface area (Å²) in [6, 6.07) is 0. The predicted molar refractivity (Wildman–Crippen MR) is 100 cm³/mol. The number of hydrogen-bond donors (Lipinski definition) is 1. The maximum atomic E-state index is 6.10. The van der Waals surface area contributed by atoms with Crippen LogP contribution in [-0.2, 0) is 16.0 Å². The van der Waals surface area contributed by atoms with Crippen molar-refractivity contribution in [2.75, 3.05) is 33.4 Å². The Hall–Kier alpha value is -1.60. The van der Waals surface area contributed by atoms with Gasteiger partial charge in [-0.3, -0.25) is 4.99 Å². The van der Waals surface area contributed by atoms with Gasteiger partial charge in [-0.2, -0.15) is 0 Å². The standard InChI is InChI=1S/C19H32N4O3/c1-14-18(15(2)26-22-14)12-21-19(20-3)23-9-7-16(8-10-23)25-13-17-6-4-5-11-24-17/h16-17H,4-13H2,1-3H3,(H,20,21). The van der Waals surface area contributed by atoms with Gasteiger partial charge >= 0.3 is 0 Å². The van der Waals surface area contributed by atoms with E-state index in [2.05, 4.69) is 20.4 Å². The number of ether oxygens (including phenoxy) is 2. The average molecular weight is 364 g/mol. The van der Waals surface area contributed by atoms with Crippen molar-refractivity contribution in [3.05, 3.63) is 17.0 Å². The topological polar surface area (TPSA) is 72.1 Å². The highest BCUT2D eigenvalue weighted by molar-refractivity contribution is 5.80. The molecule has 0 saturated carbocycles. The fourth-order valence-electron chi connectivity index (χ4n) is 3.67. The molecule has 1 aromatic heterocycles. The van der Waals surface area contributed by atoms with Crippen LogP contribution in [0.25, 0.3) is 0 Å². The van der Waals surface area contributed by atoms with Crippen LogP contribution in [-0.4, -0.2) is 61.6 Å². The first-order valence-corrected chi connectivity index (χ1v) is 9.78. The number of aliphatic imine (C=N–C) groups is 1. The van der Waals surface area contributed by atoms with Gasteiger partial charge < -0.3 is 24.2 Å². The van der Waals surface area contributed by atoms with E-state index in [4.69, 9.17) is 14.0 Å². The second-order valence-corrected chi connectivity index (χ2v) is 7.21. The maximum Gasteiger partial charge on any atom is 0.193 e. The zero-order valence-electron chi connectivity index (χ0n) is 16.3. The van der Waals surface area contributed by atoms with Crippen LogP contribution in [0.15, 0.2) is 9.52 Å². The number of piperidine rings is 1. The maximum absolute atomic E-state index is 6.10. The highest BCUT2D eigenvalue weighted by atomic mass is 16.5. The number of likely N-dealkylation sites (tertiary alicyclic amines) is 1. The minimum absolute atomic E-state index is 0.297. The summed E-state index contributed by atoms with van der Waals surface area (Å²) in [5.41, 5.74) is 2.04. The summed E-state index contributed by atoms with van der Waals surface area (Å²) in [6.45, 7) is 8.13. The van der Waals surface area contributed by atoms with Gasteiger partial charge in [0.1, 0.15) is 5.76 Å². The predicted octanol–water partition coefficient (Wildman–Crippen LogP) is 2.42. The average Bonchev–Trinajstić information content (AvgIpc) is 3.00. The Morgan fingerprint density at radius 2 is 2.08 bits per heavy atom. The molecule has 3 heterocycles. The Morgan fingerprint density at radius 3 is 2.69 bits per heavy atom. The smallest absolute Gasteiger partial charge is 0.193 e. The molecule has 2 aliphatic rings. The Bertz CT molecular complexity index is 568. The number of nitrogens with one attached hydrogen (secondary N) is 1. The van der Waals surface area contributed by atoms with Gasteiger partial charge in [0.2, 0.25) is 0 Å². The molecule has 7 heteroatoms. The van der Waals surface area contributed by atoms with Crippen LogP contribution in [0.2, 0.25) is 0 Å². The third-order valence-corrected chi connectivity index (χ3v) is 5.35. The highest BCUT2D eigenvalue weighted by Gasteiger charge is 2.24. The number of hydrogen-bond acceptors (Lipinski definition) is 5. The molecular formula is C19H32N4O3. The lowest BCUT2D eigenvalue weighted by Crippen LogP contribution is -2.47. The molecule has 146 valence electrons. The summed E-state index contributed by atoms with van der Waals surface area (Å²) in [5, 5.41) is 7.44. The lowest BCUT2D eigenvalue weighted by atomic mass is 10.1. The second-order valence-electron chi connectivity index (χ2n) is 7.21. The Morgan fingerprint density at radius 1 is 1.27 bits per heavy atom. The second kappa shape index (κ2) is 9.37. The number of rotatable bonds is 5. The highest BCUT2D eigenvalue weighted by Crippen LogP contribution is 2.18. The van der Waals surface area contributed by atoms with E-state index < -0.39 is 0 Å². The normalized spacial score (nSPS) is 22.7. The number of aromatic nitrogens is 1. The molecule has 2 fully saturated rings. The lowest BCUT2D eigenvalue weighted by Gasteiger charge is -2.35. The molecule has 0 radical (unpaired) electrons. The molecule has 1 N–H and O–H groups in total. The van der Waals surface area contributed by atoms with Gasteiger partial charge in [-0.05, 0) is 46.0 Å². The van der Waals surface area contributed by atoms with Gasteiger partial charge in [-0.1, -0.05) is 5.16 Å². The minimum atomic E-state index is 0.297. The van der Waals surface area contributed by atoms with Crippen LogP contribution in [0, 0.1) is 13.8 Å². The van der Waals surface area contributed by atoms with Crippen LogP contribution < -0.4 is 5.32 Å². The van der Waals surface area contributed by atoms with E-state index in [1.54, 1.807) is 0 Å². The van der Waals surface area contributed by atoms with Crippen molar-refractivity contribution in [1.29, 1.82) is 0 Å². The molecule has 26 heavy (non-hydrogen) atoms. The molecule has 0 aliphatic carbocycles. The number of nitrogens with zero attached hydrogens (tertiary/aromatic N) is 3. The van der Waals surface area contributed by atoms with E-state index in [1.807, 2.05) is 20.9 Å². The van der Waals surface area contributed by atoms with Gasteiger partial charge in [-0.25, -0.2) is 0 Å². The molecule has 2 aliphatic heterocycles. The van der Waals surface area contributed by atoms with Crippen LogP contribution in [0.1, 0.15) is 49.1 Å². The lowest BCUT2D eigenvalue weighted by molar-refractivity contribution is -0.0721. The molecule has 0 amide bonds. The first-order valence-electron chi connectivity index (χ1n) is 9.78. The quantitative estimate of drug-likeness (QED) is 0.639. The van der Waals surface area contributed by atoms with Gasteiger partial charge in [-0.15, -0.1) is 0 Å². The van der Waals surface area contributed by atoms with Gasteiger partial charge in [0.15, 0.2) is 5.96 Å². The number of guanidine groups is 1. The van der Waals surface area contributed by atoms with Crippen molar-refractivity contribution < 1.29 is 14.0 Å². The molecule has 0 spiro atoms. The van der Waals surface area contributed by atoms with Gasteiger partial charge in [0.05, 0.1) is 24.5 Å². The van der Waals surface area contributed by atoms with E-state index in [0.717, 1.165) is 68.5 Å². The summed E-state index contributed by atoms with van der Waals surface area (Å²) in [4.78, 5) is 6.74. The van der Waals surface area contributed by atoms with E-state index in [9.17, 15) is 0 Å². The van der Waals surface area contributed by atoms with Crippen molar-refractivity contribution in [2.24, 2.45) is 4.99 Å². The molecule has 0 bridgehead atoms. The summed E-state index contributed by atoms with van der Waals surface area (Å²) in [6.07, 6.45) is 6.27. The van der Waals surface area contributed by atoms with Crippen LogP contribution >= 0.6 is 0 Å². The fraction of sp³-hybridized carbons (Fsp3) is 0.789. The van der Waals surface area contributed by atoms with E-state index in [-0.39, 0.29) is 0 Å². The van der Waals surface area contributed by atoms with Crippen molar-refractivity contribution in [2.45, 2.75) is 64.7 Å². The zero-order chi connectivity index (χ0) is 18.4. The Labute approximate surface area is 156 Å². The SMILES string of the molecule is CN=C(NCc1c(C)noc1C)N1CCC(OCC2CCCCO2)CC1. The molecule has 0 aromatic carbocycles. The zero-order valence-corrected chi connectivity index (χ0v) is 16.3. The van der Waals surface area contributed by atoms with E-state index in [0.29, 0.717) is 18.8 Å². The Kier molecular flexibility index (Phi) is 6.91. The van der Waals surface area contributed by atoms with Crippen molar-refractivity contribution in [3.63, 3.8) is 0 Å². The minimum Gasteiger partial charge on any atom is -0.376 e. The van der Waals surface area contributed by atoms with Crippen molar-refractivity contribution in [3.8, 4) is 0 Å². The molecule has 1 unspecified atom stereocenters. The molecule has 7 nitrogen and oxygen atoms in total. The third-order valence-electron chi connectivity index (χ3n) is 5.35. The summed E-state index contributed by atoms with van der Waals surface area (Å²) in [5.74, 6) is 1.79. The molecule has 1 aromatic rings. The monoisotopic (exact) mass is 364 g/mol. The first-order chi connectivity index (χ1) is 12.7.